The standard InChI is InChI=1S/C11H15N3O3/c1-2-14(6-10(13)15)9-4-3-7(12)5-8(9)11(16)17/h3-5H,2,6,12H2,1H3,(H2,13,15)(H,16,17). The molecule has 0 aliphatic rings. The first-order chi connectivity index (χ1) is 7.95. The number of carboxylic acids is 1. The van der Waals surface area contributed by atoms with Crippen LogP contribution in [0.25, 0.3) is 0 Å². The summed E-state index contributed by atoms with van der Waals surface area (Å²) in [7, 11) is 0. The summed E-state index contributed by atoms with van der Waals surface area (Å²) in [6.45, 7) is 2.26. The highest BCUT2D eigenvalue weighted by Gasteiger charge is 2.16. The van der Waals surface area contributed by atoms with Crippen molar-refractivity contribution in [2.24, 2.45) is 5.73 Å². The number of aromatic carboxylic acids is 1. The topological polar surface area (TPSA) is 110 Å². The number of benzene rings is 1. The molecule has 6 nitrogen and oxygen atoms in total. The number of amides is 1. The number of hydrogen-bond donors (Lipinski definition) is 3. The van der Waals surface area contributed by atoms with E-state index in [2.05, 4.69) is 0 Å². The number of anilines is 2. The molecule has 0 bridgehead atoms. The normalized spacial score (nSPS) is 9.94. The molecule has 1 aromatic rings. The number of hydrogen-bond acceptors (Lipinski definition) is 4. The summed E-state index contributed by atoms with van der Waals surface area (Å²) in [6.07, 6.45) is 0. The molecule has 0 fully saturated rings. The third-order valence-corrected chi connectivity index (χ3v) is 2.32. The van der Waals surface area contributed by atoms with Gasteiger partial charge in [-0.15, -0.1) is 0 Å². The SMILES string of the molecule is CCN(CC(N)=O)c1ccc(N)cc1C(=O)O. The van der Waals surface area contributed by atoms with E-state index in [9.17, 15) is 9.59 Å². The van der Waals surface area contributed by atoms with Crippen LogP contribution in [-0.2, 0) is 4.79 Å². The van der Waals surface area contributed by atoms with Gasteiger partial charge in [0.2, 0.25) is 5.91 Å². The fourth-order valence-corrected chi connectivity index (χ4v) is 1.56. The van der Waals surface area contributed by atoms with E-state index in [0.717, 1.165) is 0 Å². The lowest BCUT2D eigenvalue weighted by atomic mass is 10.1. The summed E-state index contributed by atoms with van der Waals surface area (Å²) in [5.41, 5.74) is 11.5. The number of nitrogen functional groups attached to an aromatic ring is 1. The Kier molecular flexibility index (Phi) is 3.92. The molecule has 0 unspecified atom stereocenters. The molecule has 0 saturated carbocycles. The molecule has 0 aromatic heterocycles. The van der Waals surface area contributed by atoms with Crippen LogP contribution in [0.1, 0.15) is 17.3 Å². The van der Waals surface area contributed by atoms with Gasteiger partial charge in [-0.2, -0.15) is 0 Å². The van der Waals surface area contributed by atoms with Crippen molar-refractivity contribution in [1.29, 1.82) is 0 Å². The molecule has 0 aliphatic carbocycles. The van der Waals surface area contributed by atoms with Crippen LogP contribution in [-0.4, -0.2) is 30.1 Å². The first-order valence-electron chi connectivity index (χ1n) is 5.11. The van der Waals surface area contributed by atoms with Crippen molar-refractivity contribution in [1.82, 2.24) is 0 Å². The van der Waals surface area contributed by atoms with E-state index in [4.69, 9.17) is 16.6 Å². The number of carbonyl (C=O) groups is 2. The van der Waals surface area contributed by atoms with Gasteiger partial charge in [-0.3, -0.25) is 4.79 Å². The highest BCUT2D eigenvalue weighted by Crippen LogP contribution is 2.23. The van der Waals surface area contributed by atoms with Gasteiger partial charge in [0.1, 0.15) is 0 Å². The molecule has 92 valence electrons. The minimum atomic E-state index is -1.09. The number of likely N-dealkylation sites (N-methyl/N-ethyl adjacent to an activating group) is 1. The zero-order chi connectivity index (χ0) is 13.0. The van der Waals surface area contributed by atoms with E-state index in [1.165, 1.54) is 6.07 Å². The van der Waals surface area contributed by atoms with Crippen LogP contribution in [0.15, 0.2) is 18.2 Å². The van der Waals surface area contributed by atoms with Gasteiger partial charge >= 0.3 is 5.97 Å². The molecule has 0 spiro atoms. The molecule has 1 aromatic carbocycles. The predicted octanol–water partition coefficient (Wildman–Crippen LogP) is 0.279. The van der Waals surface area contributed by atoms with Gasteiger partial charge in [0.15, 0.2) is 0 Å². The summed E-state index contributed by atoms with van der Waals surface area (Å²) in [5.74, 6) is -1.60. The highest BCUT2D eigenvalue weighted by atomic mass is 16.4. The van der Waals surface area contributed by atoms with Crippen molar-refractivity contribution in [2.45, 2.75) is 6.92 Å². The summed E-state index contributed by atoms with van der Waals surface area (Å²) < 4.78 is 0. The minimum absolute atomic E-state index is 0.0271. The average Bonchev–Trinajstić information content (AvgIpc) is 2.25. The summed E-state index contributed by atoms with van der Waals surface area (Å²) >= 11 is 0. The highest BCUT2D eigenvalue weighted by molar-refractivity contribution is 5.96. The van der Waals surface area contributed by atoms with E-state index < -0.39 is 11.9 Å². The molecule has 5 N–H and O–H groups in total. The van der Waals surface area contributed by atoms with Crippen LogP contribution in [0.2, 0.25) is 0 Å². The number of carbonyl (C=O) groups excluding carboxylic acids is 1. The fraction of sp³-hybridized carbons (Fsp3) is 0.273. The van der Waals surface area contributed by atoms with Crippen molar-refractivity contribution in [3.05, 3.63) is 23.8 Å². The van der Waals surface area contributed by atoms with Crippen LogP contribution >= 0.6 is 0 Å². The first kappa shape index (κ1) is 12.8. The molecule has 0 radical (unpaired) electrons. The minimum Gasteiger partial charge on any atom is -0.478 e. The Hall–Kier alpha value is -2.24. The molecule has 1 rings (SSSR count). The smallest absolute Gasteiger partial charge is 0.337 e. The van der Waals surface area contributed by atoms with Gasteiger partial charge in [-0.25, -0.2) is 4.79 Å². The lowest BCUT2D eigenvalue weighted by Crippen LogP contribution is -2.34. The lowest BCUT2D eigenvalue weighted by molar-refractivity contribution is -0.116. The second-order valence-corrected chi connectivity index (χ2v) is 3.56. The van der Waals surface area contributed by atoms with Crippen molar-refractivity contribution in [3.63, 3.8) is 0 Å². The maximum Gasteiger partial charge on any atom is 0.337 e. The molecular formula is C11H15N3O3. The van der Waals surface area contributed by atoms with E-state index in [0.29, 0.717) is 17.9 Å². The average molecular weight is 237 g/mol. The Labute approximate surface area is 98.8 Å². The first-order valence-corrected chi connectivity index (χ1v) is 5.11. The number of nitrogens with zero attached hydrogens (tertiary/aromatic N) is 1. The maximum absolute atomic E-state index is 11.1. The van der Waals surface area contributed by atoms with E-state index >= 15 is 0 Å². The van der Waals surface area contributed by atoms with Crippen molar-refractivity contribution >= 4 is 23.3 Å². The summed E-state index contributed by atoms with van der Waals surface area (Å²) in [5, 5.41) is 9.07. The maximum atomic E-state index is 11.1. The Morgan fingerprint density at radius 2 is 2.06 bits per heavy atom. The zero-order valence-electron chi connectivity index (χ0n) is 9.51. The van der Waals surface area contributed by atoms with Crippen LogP contribution in [0.4, 0.5) is 11.4 Å². The number of carboxylic acid groups (broad SMARTS) is 1. The molecule has 0 aliphatic heterocycles. The van der Waals surface area contributed by atoms with E-state index in [1.54, 1.807) is 17.0 Å². The Morgan fingerprint density at radius 1 is 1.41 bits per heavy atom. The Bertz CT molecular complexity index is 446. The van der Waals surface area contributed by atoms with Gasteiger partial charge in [-0.1, -0.05) is 0 Å². The van der Waals surface area contributed by atoms with Crippen molar-refractivity contribution < 1.29 is 14.7 Å². The molecule has 0 heterocycles. The summed E-state index contributed by atoms with van der Waals surface area (Å²) in [4.78, 5) is 23.6. The number of rotatable bonds is 5. The van der Waals surface area contributed by atoms with Crippen molar-refractivity contribution in [3.8, 4) is 0 Å². The molecular weight excluding hydrogens is 222 g/mol. The van der Waals surface area contributed by atoms with Crippen LogP contribution in [0.3, 0.4) is 0 Å². The molecule has 6 heteroatoms. The second-order valence-electron chi connectivity index (χ2n) is 3.56. The third kappa shape index (κ3) is 3.10. The van der Waals surface area contributed by atoms with Crippen LogP contribution < -0.4 is 16.4 Å². The van der Waals surface area contributed by atoms with Gasteiger partial charge in [-0.05, 0) is 25.1 Å². The Balaban J connectivity index is 3.18. The largest absolute Gasteiger partial charge is 0.478 e. The second kappa shape index (κ2) is 5.20. The van der Waals surface area contributed by atoms with Gasteiger partial charge in [0.05, 0.1) is 17.8 Å². The molecule has 0 atom stereocenters. The van der Waals surface area contributed by atoms with Gasteiger partial charge in [0, 0.05) is 12.2 Å². The zero-order valence-corrected chi connectivity index (χ0v) is 9.51. The Morgan fingerprint density at radius 3 is 2.53 bits per heavy atom. The number of primary amides is 1. The van der Waals surface area contributed by atoms with Gasteiger partial charge in [0.25, 0.3) is 0 Å². The predicted molar refractivity (Wildman–Crippen MR) is 64.9 cm³/mol. The lowest BCUT2D eigenvalue weighted by Gasteiger charge is -2.23. The fourth-order valence-electron chi connectivity index (χ4n) is 1.56. The number of nitrogens with two attached hydrogens (primary N) is 2. The molecule has 1 amide bonds. The van der Waals surface area contributed by atoms with E-state index in [-0.39, 0.29) is 12.1 Å². The van der Waals surface area contributed by atoms with E-state index in [1.807, 2.05) is 6.92 Å². The van der Waals surface area contributed by atoms with Crippen molar-refractivity contribution in [2.75, 3.05) is 23.7 Å². The third-order valence-electron chi connectivity index (χ3n) is 2.32. The molecule has 0 saturated heterocycles. The van der Waals surface area contributed by atoms with Crippen LogP contribution in [0.5, 0.6) is 0 Å². The summed E-state index contributed by atoms with van der Waals surface area (Å²) in [6, 6.07) is 4.53. The quantitative estimate of drug-likeness (QED) is 0.637. The van der Waals surface area contributed by atoms with Gasteiger partial charge < -0.3 is 21.5 Å². The molecule has 17 heavy (non-hydrogen) atoms. The monoisotopic (exact) mass is 237 g/mol. The van der Waals surface area contributed by atoms with Crippen LogP contribution in [0, 0.1) is 0 Å².